The highest BCUT2D eigenvalue weighted by Crippen LogP contribution is 2.42. The molecule has 0 saturated carbocycles. The molecule has 1 fully saturated rings. The lowest BCUT2D eigenvalue weighted by molar-refractivity contribution is -0.139. The van der Waals surface area contributed by atoms with Gasteiger partial charge >= 0.3 is 0 Å². The number of fused-ring (bicyclic) bond motifs is 1. The number of para-hydroxylation sites is 1. The normalized spacial score (nSPS) is 18.2. The maximum Gasteiger partial charge on any atom is 0.255 e. The van der Waals surface area contributed by atoms with Crippen LogP contribution in [0.5, 0.6) is 5.75 Å². The molecular weight excluding hydrogens is 446 g/mol. The van der Waals surface area contributed by atoms with E-state index in [4.69, 9.17) is 4.74 Å². The molecule has 1 aliphatic rings. The number of carbonyl (C=O) groups excluding carboxylic acids is 2. The Hall–Kier alpha value is -2.91. The van der Waals surface area contributed by atoms with Gasteiger partial charge in [0.1, 0.15) is 11.1 Å². The fourth-order valence-corrected chi connectivity index (χ4v) is 5.62. The molecule has 7 nitrogen and oxygen atoms in total. The quantitative estimate of drug-likeness (QED) is 0.558. The summed E-state index contributed by atoms with van der Waals surface area (Å²) in [6.07, 6.45) is 0. The van der Waals surface area contributed by atoms with Crippen molar-refractivity contribution in [1.82, 2.24) is 15.0 Å². The van der Waals surface area contributed by atoms with Crippen LogP contribution in [0.15, 0.2) is 64.3 Å². The lowest BCUT2D eigenvalue weighted by Gasteiger charge is -2.24. The Morgan fingerprint density at radius 2 is 1.88 bits per heavy atom. The van der Waals surface area contributed by atoms with Crippen LogP contribution in [0.2, 0.25) is 0 Å². The molecule has 2 heterocycles. The molecule has 3 aromatic rings. The molecule has 1 aromatic heterocycles. The number of methoxy groups -OCH3 is 1. The first kappa shape index (κ1) is 22.3. The highest BCUT2D eigenvalue weighted by molar-refractivity contribution is 8.01. The summed E-state index contributed by atoms with van der Waals surface area (Å²) in [6, 6.07) is 16.6. The zero-order chi connectivity index (χ0) is 22.8. The van der Waals surface area contributed by atoms with E-state index in [0.29, 0.717) is 0 Å². The van der Waals surface area contributed by atoms with Crippen LogP contribution in [0, 0.1) is 0 Å². The van der Waals surface area contributed by atoms with Gasteiger partial charge in [0.05, 0.1) is 23.6 Å². The summed E-state index contributed by atoms with van der Waals surface area (Å²) in [5.74, 6) is 0.355. The molecule has 1 N–H and O–H groups in total. The maximum absolute atomic E-state index is 12.8. The summed E-state index contributed by atoms with van der Waals surface area (Å²) in [6.45, 7) is 1.83. The SMILES string of the molecule is COc1ccc(C2SC(C)C(=O)N2NC(=O)CSc2cc(=O)n(C)c3ccccc23)cc1. The highest BCUT2D eigenvalue weighted by atomic mass is 32.2. The Labute approximate surface area is 194 Å². The zero-order valence-electron chi connectivity index (χ0n) is 17.9. The molecule has 9 heteroatoms. The van der Waals surface area contributed by atoms with Crippen molar-refractivity contribution < 1.29 is 14.3 Å². The van der Waals surface area contributed by atoms with E-state index in [1.165, 1.54) is 28.5 Å². The number of hydrogen-bond acceptors (Lipinski definition) is 6. The summed E-state index contributed by atoms with van der Waals surface area (Å²) in [4.78, 5) is 38.5. The van der Waals surface area contributed by atoms with Gasteiger partial charge in [0.2, 0.25) is 5.91 Å². The Balaban J connectivity index is 1.49. The van der Waals surface area contributed by atoms with Crippen molar-refractivity contribution in [2.45, 2.75) is 22.4 Å². The summed E-state index contributed by atoms with van der Waals surface area (Å²) in [5.41, 5.74) is 4.35. The third-order valence-electron chi connectivity index (χ3n) is 5.27. The Morgan fingerprint density at radius 1 is 1.16 bits per heavy atom. The Bertz CT molecular complexity index is 1230. The van der Waals surface area contributed by atoms with Gasteiger partial charge in [0.25, 0.3) is 11.5 Å². The molecule has 0 bridgehead atoms. The monoisotopic (exact) mass is 469 g/mol. The van der Waals surface area contributed by atoms with Gasteiger partial charge in [-0.2, -0.15) is 0 Å². The van der Waals surface area contributed by atoms with Crippen LogP contribution in [-0.2, 0) is 16.6 Å². The van der Waals surface area contributed by atoms with Crippen molar-refractivity contribution in [3.05, 3.63) is 70.5 Å². The summed E-state index contributed by atoms with van der Waals surface area (Å²) < 4.78 is 6.79. The van der Waals surface area contributed by atoms with Gasteiger partial charge in [0.15, 0.2) is 0 Å². The Morgan fingerprint density at radius 3 is 2.59 bits per heavy atom. The van der Waals surface area contributed by atoms with Gasteiger partial charge in [-0.25, -0.2) is 5.01 Å². The molecule has 2 aromatic carbocycles. The summed E-state index contributed by atoms with van der Waals surface area (Å²) in [5, 5.41) is 1.73. The molecule has 32 heavy (non-hydrogen) atoms. The van der Waals surface area contributed by atoms with Gasteiger partial charge in [-0.1, -0.05) is 30.3 Å². The summed E-state index contributed by atoms with van der Waals surface area (Å²) in [7, 11) is 3.32. The van der Waals surface area contributed by atoms with Crippen LogP contribution in [0.1, 0.15) is 17.9 Å². The molecule has 4 rings (SSSR count). The lowest BCUT2D eigenvalue weighted by atomic mass is 10.2. The second-order valence-corrected chi connectivity index (χ2v) is 9.80. The number of nitrogens with zero attached hydrogens (tertiary/aromatic N) is 2. The fraction of sp³-hybridized carbons (Fsp3) is 0.261. The molecule has 0 radical (unpaired) electrons. The van der Waals surface area contributed by atoms with Gasteiger partial charge in [-0.05, 0) is 30.7 Å². The van der Waals surface area contributed by atoms with Crippen molar-refractivity contribution >= 4 is 46.2 Å². The molecule has 2 atom stereocenters. The van der Waals surface area contributed by atoms with E-state index in [2.05, 4.69) is 5.43 Å². The number of nitrogens with one attached hydrogen (secondary N) is 1. The van der Waals surface area contributed by atoms with Crippen LogP contribution >= 0.6 is 23.5 Å². The molecule has 1 saturated heterocycles. The van der Waals surface area contributed by atoms with E-state index < -0.39 is 0 Å². The molecule has 0 spiro atoms. The number of hydrazine groups is 1. The van der Waals surface area contributed by atoms with E-state index in [9.17, 15) is 14.4 Å². The van der Waals surface area contributed by atoms with Crippen LogP contribution in [0.25, 0.3) is 10.9 Å². The molecule has 1 aliphatic heterocycles. The van der Waals surface area contributed by atoms with Gasteiger partial charge < -0.3 is 9.30 Å². The first-order valence-corrected chi connectivity index (χ1v) is 12.0. The number of aromatic nitrogens is 1. The van der Waals surface area contributed by atoms with E-state index >= 15 is 0 Å². The number of aryl methyl sites for hydroxylation is 1. The smallest absolute Gasteiger partial charge is 0.255 e. The standard InChI is InChI=1S/C23H23N3O4S2/c1-14-22(29)26(23(32-14)15-8-10-16(30-3)11-9-15)24-20(27)13-31-19-12-21(28)25(2)18-7-5-4-6-17(18)19/h4-12,14,23H,13H2,1-3H3,(H,24,27). The van der Waals surface area contributed by atoms with Crippen LogP contribution < -0.4 is 15.7 Å². The average Bonchev–Trinajstić information content (AvgIpc) is 3.09. The number of hydrogen-bond donors (Lipinski definition) is 1. The lowest BCUT2D eigenvalue weighted by Crippen LogP contribution is -2.46. The first-order chi connectivity index (χ1) is 15.4. The number of rotatable bonds is 6. The first-order valence-electron chi connectivity index (χ1n) is 10.0. The van der Waals surface area contributed by atoms with Crippen LogP contribution in [-0.4, -0.2) is 39.5 Å². The van der Waals surface area contributed by atoms with Crippen LogP contribution in [0.4, 0.5) is 0 Å². The van der Waals surface area contributed by atoms with E-state index in [0.717, 1.165) is 27.1 Å². The minimum Gasteiger partial charge on any atom is -0.497 e. The molecule has 166 valence electrons. The topological polar surface area (TPSA) is 80.6 Å². The third kappa shape index (κ3) is 4.35. The number of pyridine rings is 1. The largest absolute Gasteiger partial charge is 0.497 e. The summed E-state index contributed by atoms with van der Waals surface area (Å²) >= 11 is 2.76. The minimum atomic E-state index is -0.317. The van der Waals surface area contributed by atoms with Crippen molar-refractivity contribution in [2.75, 3.05) is 12.9 Å². The van der Waals surface area contributed by atoms with E-state index in [1.807, 2.05) is 55.5 Å². The Kier molecular flexibility index (Phi) is 6.48. The number of carbonyl (C=O) groups is 2. The van der Waals surface area contributed by atoms with Gasteiger partial charge in [0, 0.05) is 23.4 Å². The van der Waals surface area contributed by atoms with Gasteiger partial charge in [-0.15, -0.1) is 23.5 Å². The predicted octanol–water partition coefficient (Wildman–Crippen LogP) is 3.33. The third-order valence-corrected chi connectivity index (χ3v) is 7.68. The minimum absolute atomic E-state index is 0.0787. The van der Waals surface area contributed by atoms with Crippen molar-refractivity contribution in [3.63, 3.8) is 0 Å². The van der Waals surface area contributed by atoms with E-state index in [-0.39, 0.29) is 33.8 Å². The number of ether oxygens (including phenoxy) is 1. The molecule has 2 amide bonds. The molecule has 0 aliphatic carbocycles. The van der Waals surface area contributed by atoms with Crippen molar-refractivity contribution in [1.29, 1.82) is 0 Å². The molecule has 2 unspecified atom stereocenters. The van der Waals surface area contributed by atoms with Crippen LogP contribution in [0.3, 0.4) is 0 Å². The second kappa shape index (κ2) is 9.30. The highest BCUT2D eigenvalue weighted by Gasteiger charge is 2.39. The number of benzene rings is 2. The second-order valence-electron chi connectivity index (χ2n) is 7.36. The van der Waals surface area contributed by atoms with Crippen molar-refractivity contribution in [3.8, 4) is 5.75 Å². The average molecular weight is 470 g/mol. The van der Waals surface area contributed by atoms with Gasteiger partial charge in [-0.3, -0.25) is 19.8 Å². The predicted molar refractivity (Wildman–Crippen MR) is 128 cm³/mol. The fourth-order valence-electron chi connectivity index (χ4n) is 3.54. The number of amides is 2. The zero-order valence-corrected chi connectivity index (χ0v) is 19.5. The maximum atomic E-state index is 12.8. The van der Waals surface area contributed by atoms with E-state index in [1.54, 1.807) is 24.8 Å². The number of thioether (sulfide) groups is 2. The van der Waals surface area contributed by atoms with Crippen molar-refractivity contribution in [2.24, 2.45) is 7.05 Å². The molecular formula is C23H23N3O4S2.